The van der Waals surface area contributed by atoms with Crippen LogP contribution in [0.4, 0.5) is 0 Å². The summed E-state index contributed by atoms with van der Waals surface area (Å²) in [4.78, 5) is 11.3. The second-order valence-corrected chi connectivity index (χ2v) is 4.71. The number of hydrogen-bond donors (Lipinski definition) is 2. The Balaban J connectivity index is 2.00. The van der Waals surface area contributed by atoms with E-state index in [1.807, 2.05) is 23.6 Å². The monoisotopic (exact) mass is 274 g/mol. The Labute approximate surface area is 117 Å². The maximum absolute atomic E-state index is 11.3. The van der Waals surface area contributed by atoms with Gasteiger partial charge in [0.1, 0.15) is 5.75 Å². The Hall–Kier alpha value is -2.34. The number of nitrogen functional groups attached to an aromatic ring is 1. The minimum atomic E-state index is -0.425. The summed E-state index contributed by atoms with van der Waals surface area (Å²) >= 11 is 0. The highest BCUT2D eigenvalue weighted by molar-refractivity contribution is 5.91. The number of nitrogens with two attached hydrogens (primary N) is 1. The highest BCUT2D eigenvalue weighted by Crippen LogP contribution is 2.20. The highest BCUT2D eigenvalue weighted by Gasteiger charge is 2.07. The van der Waals surface area contributed by atoms with E-state index in [0.717, 1.165) is 5.75 Å². The van der Waals surface area contributed by atoms with Gasteiger partial charge < -0.3 is 4.74 Å². The van der Waals surface area contributed by atoms with Crippen LogP contribution in [0.25, 0.3) is 0 Å². The molecule has 0 saturated heterocycles. The van der Waals surface area contributed by atoms with Crippen molar-refractivity contribution in [2.24, 2.45) is 5.84 Å². The van der Waals surface area contributed by atoms with Crippen molar-refractivity contribution in [3.8, 4) is 5.75 Å². The molecule has 0 bridgehead atoms. The quantitative estimate of drug-likeness (QED) is 0.493. The summed E-state index contributed by atoms with van der Waals surface area (Å²) < 4.78 is 7.18. The van der Waals surface area contributed by atoms with Gasteiger partial charge in [0, 0.05) is 6.20 Å². The first-order chi connectivity index (χ1) is 9.60. The van der Waals surface area contributed by atoms with Crippen LogP contribution in [0.3, 0.4) is 0 Å². The van der Waals surface area contributed by atoms with Gasteiger partial charge in [0.2, 0.25) is 0 Å². The molecule has 0 aliphatic heterocycles. The fourth-order valence-electron chi connectivity index (χ4n) is 1.73. The third-order valence-corrected chi connectivity index (χ3v) is 2.89. The van der Waals surface area contributed by atoms with Crippen molar-refractivity contribution in [3.63, 3.8) is 0 Å². The molecular formula is C14H18N4O2. The van der Waals surface area contributed by atoms with Crippen molar-refractivity contribution < 1.29 is 9.53 Å². The molecule has 0 saturated carbocycles. The molecule has 2 rings (SSSR count). The standard InChI is InChI=1S/C14H18N4O2/c1-10(2)11-4-3-5-12(8-11)20-9-18-7-6-13(17-18)14(19)16-15/h3-8,10H,9,15H2,1-2H3,(H,16,19). The first kappa shape index (κ1) is 14.1. The van der Waals surface area contributed by atoms with Gasteiger partial charge in [0.05, 0.1) is 0 Å². The van der Waals surface area contributed by atoms with Crippen LogP contribution in [-0.4, -0.2) is 15.7 Å². The van der Waals surface area contributed by atoms with Crippen LogP contribution in [0.15, 0.2) is 36.5 Å². The third kappa shape index (κ3) is 3.36. The van der Waals surface area contributed by atoms with Gasteiger partial charge in [-0.2, -0.15) is 5.10 Å². The van der Waals surface area contributed by atoms with Crippen LogP contribution >= 0.6 is 0 Å². The Bertz CT molecular complexity index is 592. The molecule has 1 amide bonds. The van der Waals surface area contributed by atoms with Gasteiger partial charge in [0.15, 0.2) is 12.4 Å². The van der Waals surface area contributed by atoms with Crippen molar-refractivity contribution in [1.82, 2.24) is 15.2 Å². The molecule has 0 atom stereocenters. The van der Waals surface area contributed by atoms with Gasteiger partial charge >= 0.3 is 0 Å². The van der Waals surface area contributed by atoms with Crippen LogP contribution in [0.5, 0.6) is 5.75 Å². The van der Waals surface area contributed by atoms with Crippen LogP contribution in [-0.2, 0) is 6.73 Å². The zero-order valence-corrected chi connectivity index (χ0v) is 11.5. The molecule has 0 spiro atoms. The molecule has 6 heteroatoms. The first-order valence-corrected chi connectivity index (χ1v) is 6.37. The fourth-order valence-corrected chi connectivity index (χ4v) is 1.73. The van der Waals surface area contributed by atoms with Crippen LogP contribution in [0, 0.1) is 0 Å². The molecule has 20 heavy (non-hydrogen) atoms. The van der Waals surface area contributed by atoms with Gasteiger partial charge in [0.25, 0.3) is 5.91 Å². The number of hydrazine groups is 1. The molecule has 3 N–H and O–H groups in total. The van der Waals surface area contributed by atoms with Gasteiger partial charge in [-0.15, -0.1) is 0 Å². The van der Waals surface area contributed by atoms with Crippen LogP contribution in [0.2, 0.25) is 0 Å². The number of benzene rings is 1. The summed E-state index contributed by atoms with van der Waals surface area (Å²) in [6.07, 6.45) is 1.66. The Kier molecular flexibility index (Phi) is 4.37. The van der Waals surface area contributed by atoms with Gasteiger partial charge in [-0.3, -0.25) is 10.2 Å². The summed E-state index contributed by atoms with van der Waals surface area (Å²) in [6.45, 7) is 4.49. The minimum Gasteiger partial charge on any atom is -0.471 e. The lowest BCUT2D eigenvalue weighted by Crippen LogP contribution is -2.30. The number of aromatic nitrogens is 2. The number of nitrogens with one attached hydrogen (secondary N) is 1. The third-order valence-electron chi connectivity index (χ3n) is 2.89. The zero-order valence-electron chi connectivity index (χ0n) is 11.5. The molecule has 0 aliphatic carbocycles. The number of hydrogen-bond acceptors (Lipinski definition) is 4. The smallest absolute Gasteiger partial charge is 0.285 e. The minimum absolute atomic E-state index is 0.236. The largest absolute Gasteiger partial charge is 0.471 e. The van der Waals surface area contributed by atoms with Gasteiger partial charge in [-0.05, 0) is 29.7 Å². The first-order valence-electron chi connectivity index (χ1n) is 6.37. The Morgan fingerprint density at radius 2 is 2.25 bits per heavy atom. The van der Waals surface area contributed by atoms with E-state index in [4.69, 9.17) is 10.6 Å². The lowest BCUT2D eigenvalue weighted by atomic mass is 10.0. The van der Waals surface area contributed by atoms with E-state index in [2.05, 4.69) is 25.0 Å². The SMILES string of the molecule is CC(C)c1cccc(OCn2ccc(C(=O)NN)n2)c1. The van der Waals surface area contributed by atoms with Crippen molar-refractivity contribution >= 4 is 5.91 Å². The molecule has 0 aliphatic rings. The normalized spacial score (nSPS) is 10.6. The molecule has 1 aromatic carbocycles. The number of rotatable bonds is 5. The highest BCUT2D eigenvalue weighted by atomic mass is 16.5. The lowest BCUT2D eigenvalue weighted by molar-refractivity contribution is 0.0946. The van der Waals surface area contributed by atoms with Crippen molar-refractivity contribution in [1.29, 1.82) is 0 Å². The van der Waals surface area contributed by atoms with Gasteiger partial charge in [-0.1, -0.05) is 26.0 Å². The summed E-state index contributed by atoms with van der Waals surface area (Å²) in [6, 6.07) is 9.50. The number of carbonyl (C=O) groups is 1. The number of ether oxygens (including phenoxy) is 1. The van der Waals surface area contributed by atoms with Crippen molar-refractivity contribution in [2.45, 2.75) is 26.5 Å². The van der Waals surface area contributed by atoms with Crippen molar-refractivity contribution in [3.05, 3.63) is 47.8 Å². The number of carbonyl (C=O) groups excluding carboxylic acids is 1. The van der Waals surface area contributed by atoms with Gasteiger partial charge in [-0.25, -0.2) is 10.5 Å². The number of nitrogens with zero attached hydrogens (tertiary/aromatic N) is 2. The topological polar surface area (TPSA) is 82.2 Å². The second kappa shape index (κ2) is 6.21. The lowest BCUT2D eigenvalue weighted by Gasteiger charge is -2.09. The summed E-state index contributed by atoms with van der Waals surface area (Å²) in [5.74, 6) is 5.84. The summed E-state index contributed by atoms with van der Waals surface area (Å²) in [5.41, 5.74) is 3.50. The van der Waals surface area contributed by atoms with E-state index < -0.39 is 5.91 Å². The molecule has 0 radical (unpaired) electrons. The molecular weight excluding hydrogens is 256 g/mol. The fraction of sp³-hybridized carbons (Fsp3) is 0.286. The Morgan fingerprint density at radius 3 is 2.95 bits per heavy atom. The predicted molar refractivity (Wildman–Crippen MR) is 75.0 cm³/mol. The molecule has 1 heterocycles. The second-order valence-electron chi connectivity index (χ2n) is 4.71. The van der Waals surface area contributed by atoms with E-state index in [1.165, 1.54) is 10.2 Å². The summed E-state index contributed by atoms with van der Waals surface area (Å²) in [7, 11) is 0. The predicted octanol–water partition coefficient (Wildman–Crippen LogP) is 1.65. The van der Waals surface area contributed by atoms with Crippen molar-refractivity contribution in [2.75, 3.05) is 0 Å². The average Bonchev–Trinajstić information content (AvgIpc) is 2.93. The molecule has 2 aromatic rings. The molecule has 0 unspecified atom stereocenters. The van der Waals surface area contributed by atoms with E-state index in [1.54, 1.807) is 12.3 Å². The summed E-state index contributed by atoms with van der Waals surface area (Å²) in [5, 5.41) is 4.05. The maximum Gasteiger partial charge on any atom is 0.285 e. The van der Waals surface area contributed by atoms with Crippen LogP contribution < -0.4 is 16.0 Å². The molecule has 0 fully saturated rings. The van der Waals surface area contributed by atoms with E-state index >= 15 is 0 Å². The average molecular weight is 274 g/mol. The van der Waals surface area contributed by atoms with Crippen LogP contribution in [0.1, 0.15) is 35.8 Å². The maximum atomic E-state index is 11.3. The molecule has 6 nitrogen and oxygen atoms in total. The van der Waals surface area contributed by atoms with E-state index in [-0.39, 0.29) is 12.4 Å². The van der Waals surface area contributed by atoms with E-state index in [9.17, 15) is 4.79 Å². The molecule has 1 aromatic heterocycles. The molecule has 106 valence electrons. The Morgan fingerprint density at radius 1 is 1.45 bits per heavy atom. The van der Waals surface area contributed by atoms with E-state index in [0.29, 0.717) is 5.92 Å². The zero-order chi connectivity index (χ0) is 14.5. The number of amides is 1.